The highest BCUT2D eigenvalue weighted by atomic mass is 32.1. The Labute approximate surface area is 109 Å². The first-order chi connectivity index (χ1) is 8.32. The van der Waals surface area contributed by atoms with E-state index in [-0.39, 0.29) is 0 Å². The van der Waals surface area contributed by atoms with E-state index in [1.807, 2.05) is 26.0 Å². The molecule has 0 atom stereocenters. The number of hydrogen-bond donors (Lipinski definition) is 1. The molecule has 2 heterocycles. The molecule has 96 valence electrons. The average Bonchev–Trinajstić information content (AvgIpc) is 2.84. The molecule has 2 rings (SSSR count). The molecule has 0 radical (unpaired) electrons. The molecule has 0 aliphatic rings. The van der Waals surface area contributed by atoms with Gasteiger partial charge in [0, 0.05) is 4.88 Å². The van der Waals surface area contributed by atoms with Crippen molar-refractivity contribution in [1.82, 2.24) is 4.98 Å². The van der Waals surface area contributed by atoms with Crippen LogP contribution in [0.3, 0.4) is 0 Å². The second kappa shape index (κ2) is 4.24. The summed E-state index contributed by atoms with van der Waals surface area (Å²) in [5, 5.41) is 9.81. The largest absolute Gasteiger partial charge is 0.481 e. The van der Waals surface area contributed by atoms with Crippen LogP contribution in [0.15, 0.2) is 16.5 Å². The van der Waals surface area contributed by atoms with Crippen LogP contribution in [-0.4, -0.2) is 16.1 Å². The molecular formula is C13H15NO3S. The highest BCUT2D eigenvalue weighted by Gasteiger charge is 2.34. The molecule has 2 aromatic rings. The molecule has 0 spiro atoms. The minimum absolute atomic E-state index is 0.594. The first-order valence-electron chi connectivity index (χ1n) is 5.60. The Kier molecular flexibility index (Phi) is 3.02. The lowest BCUT2D eigenvalue weighted by molar-refractivity contribution is -0.142. The molecule has 4 nitrogen and oxygen atoms in total. The third-order valence-electron chi connectivity index (χ3n) is 2.84. The molecule has 0 bridgehead atoms. The van der Waals surface area contributed by atoms with Crippen molar-refractivity contribution >= 4 is 17.3 Å². The summed E-state index contributed by atoms with van der Waals surface area (Å²) in [5.74, 6) is 0.628. The summed E-state index contributed by atoms with van der Waals surface area (Å²) < 4.78 is 5.53. The number of aryl methyl sites for hydroxylation is 2. The summed E-state index contributed by atoms with van der Waals surface area (Å²) in [5.41, 5.74) is -0.243. The lowest BCUT2D eigenvalue weighted by Gasteiger charge is -2.14. The standard InChI is InChI=1S/C13H15NO3S/c1-7-5-6-9(17-7)10-8(2)18-11(14-10)13(3,4)12(15)16/h5-6H,1-4H3,(H,15,16). The van der Waals surface area contributed by atoms with Gasteiger partial charge in [0.25, 0.3) is 0 Å². The van der Waals surface area contributed by atoms with E-state index in [0.717, 1.165) is 16.3 Å². The maximum absolute atomic E-state index is 11.2. The Hall–Kier alpha value is -1.62. The molecule has 2 aromatic heterocycles. The number of carboxylic acids is 1. The Balaban J connectivity index is 2.48. The van der Waals surface area contributed by atoms with Gasteiger partial charge in [-0.1, -0.05) is 0 Å². The van der Waals surface area contributed by atoms with Crippen LogP contribution in [0, 0.1) is 13.8 Å². The van der Waals surface area contributed by atoms with Crippen molar-refractivity contribution in [3.05, 3.63) is 27.8 Å². The zero-order chi connectivity index (χ0) is 13.5. The van der Waals surface area contributed by atoms with Gasteiger partial charge in [0.05, 0.1) is 0 Å². The second-order valence-electron chi connectivity index (χ2n) is 4.76. The first-order valence-corrected chi connectivity index (χ1v) is 6.42. The van der Waals surface area contributed by atoms with Gasteiger partial charge < -0.3 is 9.52 Å². The van der Waals surface area contributed by atoms with E-state index in [1.54, 1.807) is 13.8 Å². The van der Waals surface area contributed by atoms with Crippen LogP contribution >= 0.6 is 11.3 Å². The lowest BCUT2D eigenvalue weighted by Crippen LogP contribution is -2.28. The number of aromatic nitrogens is 1. The van der Waals surface area contributed by atoms with E-state index < -0.39 is 11.4 Å². The smallest absolute Gasteiger partial charge is 0.316 e. The summed E-state index contributed by atoms with van der Waals surface area (Å²) >= 11 is 1.40. The number of aliphatic carboxylic acids is 1. The fourth-order valence-corrected chi connectivity index (χ4v) is 2.56. The van der Waals surface area contributed by atoms with Crippen LogP contribution in [0.25, 0.3) is 11.5 Å². The van der Waals surface area contributed by atoms with Gasteiger partial charge in [-0.05, 0) is 39.8 Å². The number of thiazole rings is 1. The zero-order valence-electron chi connectivity index (χ0n) is 10.8. The quantitative estimate of drug-likeness (QED) is 0.924. The molecular weight excluding hydrogens is 250 g/mol. The molecule has 0 aromatic carbocycles. The molecule has 5 heteroatoms. The van der Waals surface area contributed by atoms with Crippen LogP contribution in [0.1, 0.15) is 29.5 Å². The van der Waals surface area contributed by atoms with Crippen molar-refractivity contribution in [2.75, 3.05) is 0 Å². The number of hydrogen-bond acceptors (Lipinski definition) is 4. The molecule has 18 heavy (non-hydrogen) atoms. The van der Waals surface area contributed by atoms with Gasteiger partial charge in [0.1, 0.15) is 21.9 Å². The SMILES string of the molecule is Cc1ccc(-c2nc(C(C)(C)C(=O)O)sc2C)o1. The minimum atomic E-state index is -0.977. The van der Waals surface area contributed by atoms with Crippen molar-refractivity contribution in [2.24, 2.45) is 0 Å². The number of carbonyl (C=O) groups is 1. The van der Waals surface area contributed by atoms with E-state index >= 15 is 0 Å². The molecule has 0 amide bonds. The number of rotatable bonds is 3. The van der Waals surface area contributed by atoms with Gasteiger partial charge in [-0.15, -0.1) is 11.3 Å². The van der Waals surface area contributed by atoms with Gasteiger partial charge >= 0.3 is 5.97 Å². The Morgan fingerprint density at radius 1 is 1.39 bits per heavy atom. The fourth-order valence-electron chi connectivity index (χ4n) is 1.55. The topological polar surface area (TPSA) is 63.3 Å². The Morgan fingerprint density at radius 3 is 2.56 bits per heavy atom. The minimum Gasteiger partial charge on any atom is -0.481 e. The predicted octanol–water partition coefficient (Wildman–Crippen LogP) is 3.38. The summed E-state index contributed by atoms with van der Waals surface area (Å²) in [4.78, 5) is 16.6. The Bertz CT molecular complexity index is 595. The maximum atomic E-state index is 11.2. The van der Waals surface area contributed by atoms with Gasteiger partial charge in [-0.2, -0.15) is 0 Å². The maximum Gasteiger partial charge on any atom is 0.316 e. The van der Waals surface area contributed by atoms with Crippen LogP contribution in [-0.2, 0) is 10.2 Å². The molecule has 0 saturated carbocycles. The number of furan rings is 1. The summed E-state index contributed by atoms with van der Waals surface area (Å²) in [6.45, 7) is 7.11. The molecule has 0 saturated heterocycles. The third-order valence-corrected chi connectivity index (χ3v) is 4.13. The van der Waals surface area contributed by atoms with Gasteiger partial charge in [0.15, 0.2) is 5.76 Å². The number of nitrogens with zero attached hydrogens (tertiary/aromatic N) is 1. The van der Waals surface area contributed by atoms with E-state index in [9.17, 15) is 9.90 Å². The molecule has 0 aliphatic heterocycles. The van der Waals surface area contributed by atoms with Gasteiger partial charge in [0.2, 0.25) is 0 Å². The molecule has 0 aliphatic carbocycles. The zero-order valence-corrected chi connectivity index (χ0v) is 11.6. The average molecular weight is 265 g/mol. The lowest BCUT2D eigenvalue weighted by atomic mass is 9.95. The normalized spacial score (nSPS) is 11.8. The summed E-state index contributed by atoms with van der Waals surface area (Å²) in [7, 11) is 0. The van der Waals surface area contributed by atoms with E-state index in [2.05, 4.69) is 4.98 Å². The summed E-state index contributed by atoms with van der Waals surface area (Å²) in [6.07, 6.45) is 0. The fraction of sp³-hybridized carbons (Fsp3) is 0.385. The van der Waals surface area contributed by atoms with Crippen molar-refractivity contribution in [2.45, 2.75) is 33.1 Å². The molecule has 1 N–H and O–H groups in total. The second-order valence-corrected chi connectivity index (χ2v) is 5.97. The predicted molar refractivity (Wildman–Crippen MR) is 70.0 cm³/mol. The van der Waals surface area contributed by atoms with Crippen LogP contribution in [0.2, 0.25) is 0 Å². The number of carboxylic acid groups (broad SMARTS) is 1. The van der Waals surface area contributed by atoms with Gasteiger partial charge in [-0.25, -0.2) is 4.98 Å². The van der Waals surface area contributed by atoms with Gasteiger partial charge in [-0.3, -0.25) is 4.79 Å². The molecule has 0 fully saturated rings. The van der Waals surface area contributed by atoms with Crippen molar-refractivity contribution < 1.29 is 14.3 Å². The highest BCUT2D eigenvalue weighted by Crippen LogP contribution is 2.34. The van der Waals surface area contributed by atoms with E-state index in [0.29, 0.717) is 10.8 Å². The van der Waals surface area contributed by atoms with E-state index in [4.69, 9.17) is 4.42 Å². The third kappa shape index (κ3) is 2.06. The first kappa shape index (κ1) is 12.8. The summed E-state index contributed by atoms with van der Waals surface area (Å²) in [6, 6.07) is 3.73. The van der Waals surface area contributed by atoms with Crippen LogP contribution in [0.5, 0.6) is 0 Å². The Morgan fingerprint density at radius 2 is 2.06 bits per heavy atom. The van der Waals surface area contributed by atoms with Crippen molar-refractivity contribution in [3.8, 4) is 11.5 Å². The molecule has 0 unspecified atom stereocenters. The highest BCUT2D eigenvalue weighted by molar-refractivity contribution is 7.12. The van der Waals surface area contributed by atoms with E-state index in [1.165, 1.54) is 11.3 Å². The monoisotopic (exact) mass is 265 g/mol. The van der Waals surface area contributed by atoms with Crippen LogP contribution in [0.4, 0.5) is 0 Å². The van der Waals surface area contributed by atoms with Crippen molar-refractivity contribution in [1.29, 1.82) is 0 Å². The van der Waals surface area contributed by atoms with Crippen molar-refractivity contribution in [3.63, 3.8) is 0 Å². The van der Waals surface area contributed by atoms with Crippen LogP contribution < -0.4 is 0 Å².